The molecular weight excluding hydrogens is 450 g/mol. The molecule has 0 saturated heterocycles. The number of hydrogen-bond acceptors (Lipinski definition) is 4. The minimum atomic E-state index is -2.38. The number of anilines is 2. The van der Waals surface area contributed by atoms with Crippen molar-refractivity contribution in [3.63, 3.8) is 0 Å². The van der Waals surface area contributed by atoms with E-state index in [4.69, 9.17) is 5.11 Å². The molecule has 0 spiro atoms. The van der Waals surface area contributed by atoms with Gasteiger partial charge in [0.05, 0.1) is 9.47 Å². The number of aromatic hydroxyl groups is 1. The Labute approximate surface area is 142 Å². The number of carboxylic acids is 1. The lowest BCUT2D eigenvalue weighted by Gasteiger charge is -2.18. The molecule has 0 fully saturated rings. The van der Waals surface area contributed by atoms with Gasteiger partial charge < -0.3 is 10.2 Å². The summed E-state index contributed by atoms with van der Waals surface area (Å²) >= 11 is 5.39. The first-order valence-corrected chi connectivity index (χ1v) is 8.70. The maximum Gasteiger partial charge on any atom is 0.339 e. The van der Waals surface area contributed by atoms with Gasteiger partial charge >= 0.3 is 5.97 Å². The molecule has 1 aromatic heterocycles. The maximum atomic E-state index is 11.6. The molecule has 3 N–H and O–H groups in total. The predicted octanol–water partition coefficient (Wildman–Crippen LogP) is 3.95. The van der Waals surface area contributed by atoms with Crippen LogP contribution in [0.5, 0.6) is 5.75 Å². The van der Waals surface area contributed by atoms with Crippen molar-refractivity contribution in [2.24, 2.45) is 0 Å². The van der Waals surface area contributed by atoms with Crippen LogP contribution in [0.1, 0.15) is 10.4 Å². The number of phenols is 1. The van der Waals surface area contributed by atoms with Gasteiger partial charge in [-0.1, -0.05) is 0 Å². The molecule has 2 rings (SSSR count). The van der Waals surface area contributed by atoms with Crippen LogP contribution < -0.4 is 4.31 Å². The summed E-state index contributed by atoms with van der Waals surface area (Å²) in [7, 11) is 0. The van der Waals surface area contributed by atoms with Gasteiger partial charge in [0.25, 0.3) is 11.3 Å². The van der Waals surface area contributed by atoms with E-state index in [1.165, 1.54) is 23.5 Å². The van der Waals surface area contributed by atoms with Gasteiger partial charge in [-0.2, -0.15) is 0 Å². The highest BCUT2D eigenvalue weighted by Gasteiger charge is 2.21. The van der Waals surface area contributed by atoms with Gasteiger partial charge in [0, 0.05) is 10.5 Å². The summed E-state index contributed by atoms with van der Waals surface area (Å²) in [6.07, 6.45) is 0. The fourth-order valence-corrected chi connectivity index (χ4v) is 4.29. The normalized spacial score (nSPS) is 12.1. The second-order valence-electron chi connectivity index (χ2n) is 3.74. The van der Waals surface area contributed by atoms with Crippen LogP contribution >= 0.6 is 43.2 Å². The third kappa shape index (κ3) is 3.46. The van der Waals surface area contributed by atoms with E-state index in [0.717, 1.165) is 14.2 Å². The van der Waals surface area contributed by atoms with Crippen molar-refractivity contribution >= 4 is 71.1 Å². The van der Waals surface area contributed by atoms with Crippen LogP contribution in [0.4, 0.5) is 10.7 Å². The van der Waals surface area contributed by atoms with Crippen molar-refractivity contribution < 1.29 is 23.8 Å². The first-order valence-electron chi connectivity index (χ1n) is 5.23. The molecule has 1 atom stereocenters. The smallest absolute Gasteiger partial charge is 0.339 e. The number of carboxylic acid groups (broad SMARTS) is 1. The number of benzene rings is 1. The third-order valence-electron chi connectivity index (χ3n) is 2.43. The van der Waals surface area contributed by atoms with Crippen molar-refractivity contribution in [3.8, 4) is 5.75 Å². The summed E-state index contributed by atoms with van der Waals surface area (Å²) in [5, 5.41) is 19.0. The van der Waals surface area contributed by atoms with E-state index in [-0.39, 0.29) is 11.3 Å². The molecule has 1 heterocycles. The molecule has 2 aromatic rings. The van der Waals surface area contributed by atoms with Crippen LogP contribution in [0, 0.1) is 0 Å². The van der Waals surface area contributed by atoms with Crippen LogP contribution in [-0.2, 0) is 11.3 Å². The van der Waals surface area contributed by atoms with E-state index >= 15 is 0 Å². The molecule has 0 aliphatic rings. The molecule has 1 unspecified atom stereocenters. The van der Waals surface area contributed by atoms with E-state index in [2.05, 4.69) is 31.9 Å². The van der Waals surface area contributed by atoms with Gasteiger partial charge in [-0.15, -0.1) is 11.3 Å². The summed E-state index contributed by atoms with van der Waals surface area (Å²) in [6, 6.07) is 5.27. The number of aromatic carboxylic acids is 1. The Morgan fingerprint density at radius 1 is 1.29 bits per heavy atom. The number of thiophene rings is 1. The van der Waals surface area contributed by atoms with Crippen LogP contribution in [0.15, 0.2) is 32.5 Å². The van der Waals surface area contributed by atoms with Gasteiger partial charge in [-0.25, -0.2) is 13.3 Å². The van der Waals surface area contributed by atoms with E-state index in [1.807, 2.05) is 0 Å². The quantitative estimate of drug-likeness (QED) is 0.605. The highest BCUT2D eigenvalue weighted by molar-refractivity contribution is 9.13. The Bertz CT molecular complexity index is 714. The Hall–Kier alpha value is -0.940. The molecule has 0 amide bonds. The zero-order valence-corrected chi connectivity index (χ0v) is 14.8. The Balaban J connectivity index is 2.51. The van der Waals surface area contributed by atoms with Crippen LogP contribution in [0.25, 0.3) is 0 Å². The Kier molecular flexibility index (Phi) is 5.04. The van der Waals surface area contributed by atoms with Crippen molar-refractivity contribution in [3.05, 3.63) is 38.1 Å². The van der Waals surface area contributed by atoms with Crippen molar-refractivity contribution in [2.45, 2.75) is 0 Å². The number of hydrogen-bond donors (Lipinski definition) is 3. The fourth-order valence-electron chi connectivity index (χ4n) is 1.56. The molecular formula is C11H7Br2NO5S2. The molecule has 0 aliphatic carbocycles. The first-order chi connectivity index (χ1) is 9.81. The summed E-state index contributed by atoms with van der Waals surface area (Å²) in [5.74, 6) is -1.76. The Morgan fingerprint density at radius 3 is 2.38 bits per heavy atom. The van der Waals surface area contributed by atoms with Crippen LogP contribution in [0.3, 0.4) is 0 Å². The van der Waals surface area contributed by atoms with Crippen molar-refractivity contribution in [1.82, 2.24) is 0 Å². The van der Waals surface area contributed by atoms with E-state index in [9.17, 15) is 18.7 Å². The van der Waals surface area contributed by atoms with E-state index in [0.29, 0.717) is 9.47 Å². The van der Waals surface area contributed by atoms with Crippen LogP contribution in [0.2, 0.25) is 0 Å². The zero-order valence-electron chi connectivity index (χ0n) is 9.99. The number of carbonyl (C=O) groups is 1. The van der Waals surface area contributed by atoms with E-state index < -0.39 is 23.0 Å². The highest BCUT2D eigenvalue weighted by Crippen LogP contribution is 2.41. The lowest BCUT2D eigenvalue weighted by molar-refractivity contribution is 0.0694. The second-order valence-corrected chi connectivity index (χ2v) is 7.77. The highest BCUT2D eigenvalue weighted by atomic mass is 79.9. The molecule has 6 nitrogen and oxygen atoms in total. The minimum Gasteiger partial charge on any atom is -0.507 e. The number of nitrogens with zero attached hydrogens (tertiary/aromatic N) is 1. The molecule has 0 aliphatic heterocycles. The van der Waals surface area contributed by atoms with Gasteiger partial charge in [0.1, 0.15) is 16.3 Å². The first kappa shape index (κ1) is 16.4. The molecule has 1 aromatic carbocycles. The molecule has 0 bridgehead atoms. The van der Waals surface area contributed by atoms with Gasteiger partial charge in [-0.05, 0) is 50.1 Å². The van der Waals surface area contributed by atoms with Gasteiger partial charge in [0.2, 0.25) is 0 Å². The molecule has 10 heteroatoms. The minimum absolute atomic E-state index is 0.194. The fraction of sp³-hybridized carbons (Fsp3) is 0. The average Bonchev–Trinajstić information content (AvgIpc) is 2.68. The molecule has 0 radical (unpaired) electrons. The monoisotopic (exact) mass is 455 g/mol. The topological polar surface area (TPSA) is 98.1 Å². The van der Waals surface area contributed by atoms with Crippen molar-refractivity contribution in [1.29, 1.82) is 0 Å². The predicted molar refractivity (Wildman–Crippen MR) is 87.7 cm³/mol. The molecule has 21 heavy (non-hydrogen) atoms. The number of halogens is 2. The molecule has 112 valence electrons. The summed E-state index contributed by atoms with van der Waals surface area (Å²) in [5.41, 5.74) is -0.0875. The zero-order chi connectivity index (χ0) is 15.7. The summed E-state index contributed by atoms with van der Waals surface area (Å²) < 4.78 is 23.5. The largest absolute Gasteiger partial charge is 0.507 e. The lowest BCUT2D eigenvalue weighted by Crippen LogP contribution is -2.18. The SMILES string of the molecule is O=C(O)c1ccc(N(c2cc(Br)c(Br)s2)S(=O)O)cc1O. The standard InChI is InChI=1S/C11H7Br2NO5S2/c12-7-4-9(20-10(7)13)14(21(18)19)5-1-2-6(11(16)17)8(15)3-5/h1-4,15H,(H,16,17)(H,18,19). The molecule has 0 saturated carbocycles. The third-order valence-corrected chi connectivity index (χ3v) is 6.51. The summed E-state index contributed by atoms with van der Waals surface area (Å²) in [6.45, 7) is 0. The van der Waals surface area contributed by atoms with Crippen molar-refractivity contribution in [2.75, 3.05) is 4.31 Å². The Morgan fingerprint density at radius 2 is 1.95 bits per heavy atom. The van der Waals surface area contributed by atoms with Gasteiger partial charge in [-0.3, -0.25) is 4.55 Å². The maximum absolute atomic E-state index is 11.6. The number of rotatable bonds is 4. The van der Waals surface area contributed by atoms with Gasteiger partial charge in [0.15, 0.2) is 0 Å². The van der Waals surface area contributed by atoms with E-state index in [1.54, 1.807) is 6.07 Å². The summed E-state index contributed by atoms with van der Waals surface area (Å²) in [4.78, 5) is 10.9. The lowest BCUT2D eigenvalue weighted by atomic mass is 10.2. The second kappa shape index (κ2) is 6.44. The van der Waals surface area contributed by atoms with Crippen LogP contribution in [-0.4, -0.2) is 24.9 Å². The average molecular weight is 457 g/mol.